The Morgan fingerprint density at radius 2 is 0.672 bits per heavy atom. The number of para-hydroxylation sites is 4. The van der Waals surface area contributed by atoms with Gasteiger partial charge < -0.3 is 18.6 Å². The topological polar surface area (TPSA) is 32.8 Å². The molecule has 0 fully saturated rings. The molecule has 0 atom stereocenters. The maximum Gasteiger partial charge on any atom is 0.137 e. The molecule has 0 saturated carbocycles. The standard InChI is InChI=1S/C54H34N2O2/c1-3-13-36(14-4-1)55(39-26-29-46-44-19-9-11-21-51(44)57-53(46)32-39)38-25-23-35-24-28-42-41-17-7-8-18-43(41)50(34-49(42)48(35)31-38)56(37-15-5-2-6-16-37)40-27-30-47-45-20-10-12-22-52(45)58-54(47)33-40/h1-34H. The van der Waals surface area contributed by atoms with Gasteiger partial charge in [-0.15, -0.1) is 0 Å². The monoisotopic (exact) mass is 742 g/mol. The number of fused-ring (bicyclic) bond motifs is 11. The molecule has 0 amide bonds. The zero-order chi connectivity index (χ0) is 38.2. The molecule has 4 heteroatoms. The molecular formula is C54H34N2O2. The molecule has 58 heavy (non-hydrogen) atoms. The summed E-state index contributed by atoms with van der Waals surface area (Å²) in [6, 6.07) is 73.4. The third kappa shape index (κ3) is 5.09. The van der Waals surface area contributed by atoms with Crippen molar-refractivity contribution in [2.75, 3.05) is 9.80 Å². The lowest BCUT2D eigenvalue weighted by Gasteiger charge is -2.28. The molecule has 0 aliphatic rings. The Bertz CT molecular complexity index is 3530. The van der Waals surface area contributed by atoms with Gasteiger partial charge in [0, 0.05) is 67.5 Å². The largest absolute Gasteiger partial charge is 0.456 e. The first-order chi connectivity index (χ1) is 28.7. The summed E-state index contributed by atoms with van der Waals surface area (Å²) in [5.74, 6) is 0. The molecule has 4 nitrogen and oxygen atoms in total. The Morgan fingerprint density at radius 3 is 1.31 bits per heavy atom. The van der Waals surface area contributed by atoms with Crippen LogP contribution >= 0.6 is 0 Å². The zero-order valence-corrected chi connectivity index (χ0v) is 31.3. The van der Waals surface area contributed by atoms with E-state index in [0.29, 0.717) is 0 Å². The van der Waals surface area contributed by atoms with Crippen LogP contribution in [0, 0.1) is 0 Å². The third-order valence-electron chi connectivity index (χ3n) is 11.6. The van der Waals surface area contributed by atoms with Crippen LogP contribution in [0.4, 0.5) is 34.1 Å². The van der Waals surface area contributed by atoms with Crippen molar-refractivity contribution in [2.45, 2.75) is 0 Å². The fraction of sp³-hybridized carbons (Fsp3) is 0. The number of hydrogen-bond acceptors (Lipinski definition) is 4. The Hall–Kier alpha value is -7.82. The van der Waals surface area contributed by atoms with Crippen LogP contribution in [0.3, 0.4) is 0 Å². The van der Waals surface area contributed by atoms with Crippen LogP contribution < -0.4 is 9.80 Å². The SMILES string of the molecule is c1ccc(N(c2ccc3c(c2)oc2ccccc23)c2ccc3ccc4c5ccccc5c(N(c5ccccc5)c5ccc6c(c5)oc5ccccc56)cc4c3c2)cc1. The van der Waals surface area contributed by atoms with E-state index in [1.807, 2.05) is 24.3 Å². The predicted molar refractivity (Wildman–Crippen MR) is 243 cm³/mol. The van der Waals surface area contributed by atoms with Gasteiger partial charge >= 0.3 is 0 Å². The Kier molecular flexibility index (Phi) is 7.20. The molecule has 0 N–H and O–H groups in total. The smallest absolute Gasteiger partial charge is 0.137 e. The first kappa shape index (κ1) is 32.4. The second-order valence-electron chi connectivity index (χ2n) is 14.9. The second kappa shape index (κ2) is 12.9. The van der Waals surface area contributed by atoms with E-state index in [1.165, 1.54) is 32.3 Å². The zero-order valence-electron chi connectivity index (χ0n) is 31.3. The highest BCUT2D eigenvalue weighted by atomic mass is 16.3. The van der Waals surface area contributed by atoms with Crippen LogP contribution in [-0.2, 0) is 0 Å². The normalized spacial score (nSPS) is 11.8. The lowest BCUT2D eigenvalue weighted by Crippen LogP contribution is -2.10. The van der Waals surface area contributed by atoms with Crippen LogP contribution in [0.15, 0.2) is 215 Å². The van der Waals surface area contributed by atoms with Gasteiger partial charge in [-0.05, 0) is 106 Å². The van der Waals surface area contributed by atoms with Gasteiger partial charge in [-0.1, -0.05) is 115 Å². The summed E-state index contributed by atoms with van der Waals surface area (Å²) < 4.78 is 12.8. The molecule has 2 heterocycles. The minimum Gasteiger partial charge on any atom is -0.456 e. The van der Waals surface area contributed by atoms with Crippen LogP contribution in [0.2, 0.25) is 0 Å². The fourth-order valence-corrected chi connectivity index (χ4v) is 8.94. The summed E-state index contributed by atoms with van der Waals surface area (Å²) in [7, 11) is 0. The maximum atomic E-state index is 6.44. The van der Waals surface area contributed by atoms with E-state index >= 15 is 0 Å². The molecule has 0 radical (unpaired) electrons. The van der Waals surface area contributed by atoms with E-state index in [4.69, 9.17) is 8.83 Å². The van der Waals surface area contributed by atoms with Crippen molar-refractivity contribution >= 4 is 110 Å². The van der Waals surface area contributed by atoms with Crippen molar-refractivity contribution in [1.29, 1.82) is 0 Å². The van der Waals surface area contributed by atoms with Gasteiger partial charge in [0.15, 0.2) is 0 Å². The minimum atomic E-state index is 0.863. The fourth-order valence-electron chi connectivity index (χ4n) is 8.94. The summed E-state index contributed by atoms with van der Waals surface area (Å²) >= 11 is 0. The Morgan fingerprint density at radius 1 is 0.241 bits per heavy atom. The summed E-state index contributed by atoms with van der Waals surface area (Å²) in [6.07, 6.45) is 0. The van der Waals surface area contributed by atoms with Crippen molar-refractivity contribution in [3.8, 4) is 0 Å². The summed E-state index contributed by atoms with van der Waals surface area (Å²) in [4.78, 5) is 4.70. The van der Waals surface area contributed by atoms with Gasteiger partial charge in [0.1, 0.15) is 22.3 Å². The maximum absolute atomic E-state index is 6.44. The minimum absolute atomic E-state index is 0.863. The molecule has 0 aliphatic carbocycles. The molecule has 0 saturated heterocycles. The molecule has 0 aliphatic heterocycles. The van der Waals surface area contributed by atoms with E-state index in [0.717, 1.165) is 78.0 Å². The summed E-state index contributed by atoms with van der Waals surface area (Å²) in [6.45, 7) is 0. The van der Waals surface area contributed by atoms with Crippen LogP contribution in [0.5, 0.6) is 0 Å². The molecule has 0 spiro atoms. The molecule has 0 unspecified atom stereocenters. The van der Waals surface area contributed by atoms with E-state index in [2.05, 4.69) is 192 Å². The quantitative estimate of drug-likeness (QED) is 0.159. The number of benzene rings is 10. The summed E-state index contributed by atoms with van der Waals surface area (Å²) in [5.41, 5.74) is 9.86. The Balaban J connectivity index is 1.10. The lowest BCUT2D eigenvalue weighted by atomic mass is 9.94. The number of nitrogens with zero attached hydrogens (tertiary/aromatic N) is 2. The van der Waals surface area contributed by atoms with Gasteiger partial charge in [0.25, 0.3) is 0 Å². The lowest BCUT2D eigenvalue weighted by molar-refractivity contribution is 0.668. The average Bonchev–Trinajstić information content (AvgIpc) is 3.85. The van der Waals surface area contributed by atoms with E-state index in [-0.39, 0.29) is 0 Å². The first-order valence-corrected chi connectivity index (χ1v) is 19.7. The first-order valence-electron chi connectivity index (χ1n) is 19.7. The van der Waals surface area contributed by atoms with Crippen molar-refractivity contribution in [3.05, 3.63) is 206 Å². The number of anilines is 6. The van der Waals surface area contributed by atoms with Gasteiger partial charge in [-0.25, -0.2) is 0 Å². The highest BCUT2D eigenvalue weighted by molar-refractivity contribution is 6.22. The average molecular weight is 743 g/mol. The van der Waals surface area contributed by atoms with Gasteiger partial charge in [-0.2, -0.15) is 0 Å². The summed E-state index contributed by atoms with van der Waals surface area (Å²) in [5, 5.41) is 11.6. The van der Waals surface area contributed by atoms with Crippen LogP contribution in [0.25, 0.3) is 76.2 Å². The molecular weight excluding hydrogens is 709 g/mol. The Labute approximate surface area is 334 Å². The van der Waals surface area contributed by atoms with Gasteiger partial charge in [-0.3, -0.25) is 0 Å². The van der Waals surface area contributed by atoms with E-state index < -0.39 is 0 Å². The molecule has 272 valence electrons. The molecule has 2 aromatic heterocycles. The molecule has 12 rings (SSSR count). The number of rotatable bonds is 6. The van der Waals surface area contributed by atoms with E-state index in [1.54, 1.807) is 0 Å². The van der Waals surface area contributed by atoms with Gasteiger partial charge in [0.05, 0.1) is 5.69 Å². The van der Waals surface area contributed by atoms with Crippen molar-refractivity contribution < 1.29 is 8.83 Å². The molecule has 0 bridgehead atoms. The molecule has 10 aromatic carbocycles. The van der Waals surface area contributed by atoms with Crippen molar-refractivity contribution in [1.82, 2.24) is 0 Å². The van der Waals surface area contributed by atoms with Crippen LogP contribution in [-0.4, -0.2) is 0 Å². The highest BCUT2D eigenvalue weighted by Crippen LogP contribution is 2.46. The van der Waals surface area contributed by atoms with Crippen LogP contribution in [0.1, 0.15) is 0 Å². The number of furan rings is 2. The number of hydrogen-bond donors (Lipinski definition) is 0. The van der Waals surface area contributed by atoms with Crippen molar-refractivity contribution in [3.63, 3.8) is 0 Å². The highest BCUT2D eigenvalue weighted by Gasteiger charge is 2.21. The second-order valence-corrected chi connectivity index (χ2v) is 14.9. The van der Waals surface area contributed by atoms with Gasteiger partial charge in [0.2, 0.25) is 0 Å². The van der Waals surface area contributed by atoms with Crippen molar-refractivity contribution in [2.24, 2.45) is 0 Å². The predicted octanol–water partition coefficient (Wildman–Crippen LogP) is 15.9. The van der Waals surface area contributed by atoms with E-state index in [9.17, 15) is 0 Å². The third-order valence-corrected chi connectivity index (χ3v) is 11.6. The molecule has 12 aromatic rings.